The molecule has 1 aliphatic heterocycles. The van der Waals surface area contributed by atoms with Crippen molar-refractivity contribution in [1.29, 1.82) is 0 Å². The Bertz CT molecular complexity index is 821. The van der Waals surface area contributed by atoms with E-state index in [0.717, 1.165) is 11.1 Å². The highest BCUT2D eigenvalue weighted by atomic mass is 19.1. The Morgan fingerprint density at radius 3 is 2.62 bits per heavy atom. The van der Waals surface area contributed by atoms with Crippen LogP contribution in [0.3, 0.4) is 0 Å². The molecule has 1 amide bonds. The normalized spacial score (nSPS) is 15.8. The van der Waals surface area contributed by atoms with Crippen LogP contribution in [-0.2, 0) is 16.2 Å². The van der Waals surface area contributed by atoms with E-state index in [1.165, 1.54) is 12.1 Å². The topological polar surface area (TPSA) is 69.2 Å². The van der Waals surface area contributed by atoms with Crippen molar-refractivity contribution in [2.24, 2.45) is 5.16 Å². The Kier molecular flexibility index (Phi) is 5.36. The zero-order valence-corrected chi connectivity index (χ0v) is 14.5. The van der Waals surface area contributed by atoms with Crippen LogP contribution in [0.15, 0.2) is 47.6 Å². The van der Waals surface area contributed by atoms with Crippen LogP contribution in [0.2, 0.25) is 0 Å². The van der Waals surface area contributed by atoms with E-state index in [-0.39, 0.29) is 11.7 Å². The molecular weight excluding hydrogens is 339 g/mol. The quantitative estimate of drug-likeness (QED) is 0.862. The minimum absolute atomic E-state index is 0.270. The lowest BCUT2D eigenvalue weighted by Crippen LogP contribution is -2.34. The van der Waals surface area contributed by atoms with Gasteiger partial charge in [0.2, 0.25) is 6.10 Å². The zero-order chi connectivity index (χ0) is 18.5. The molecular formula is C19H19FN2O4. The Balaban J connectivity index is 1.59. The standard InChI is InChI=1S/C19H19FN2O4/c1-24-16-8-5-13(9-17(16)25-2)15-10-18(26-22-15)19(23)21-11-12-3-6-14(20)7-4-12/h3-9,18H,10-11H2,1-2H3,(H,21,23)/t18-/m0/s1. The van der Waals surface area contributed by atoms with Crippen molar-refractivity contribution in [2.45, 2.75) is 19.1 Å². The summed E-state index contributed by atoms with van der Waals surface area (Å²) in [5.41, 5.74) is 2.27. The summed E-state index contributed by atoms with van der Waals surface area (Å²) in [6.07, 6.45) is -0.344. The Hall–Kier alpha value is -3.09. The number of carbonyl (C=O) groups excluding carboxylic acids is 1. The molecule has 26 heavy (non-hydrogen) atoms. The van der Waals surface area contributed by atoms with Crippen LogP contribution in [0, 0.1) is 5.82 Å². The largest absolute Gasteiger partial charge is 0.493 e. The highest BCUT2D eigenvalue weighted by Crippen LogP contribution is 2.29. The smallest absolute Gasteiger partial charge is 0.264 e. The van der Waals surface area contributed by atoms with Gasteiger partial charge in [-0.2, -0.15) is 0 Å². The van der Waals surface area contributed by atoms with Crippen LogP contribution in [0.25, 0.3) is 0 Å². The van der Waals surface area contributed by atoms with Gasteiger partial charge in [-0.05, 0) is 35.9 Å². The molecule has 0 aromatic heterocycles. The summed E-state index contributed by atoms with van der Waals surface area (Å²) in [7, 11) is 3.12. The third kappa shape index (κ3) is 3.93. The van der Waals surface area contributed by atoms with Crippen molar-refractivity contribution in [1.82, 2.24) is 5.32 Å². The van der Waals surface area contributed by atoms with Crippen LogP contribution < -0.4 is 14.8 Å². The van der Waals surface area contributed by atoms with E-state index in [1.807, 2.05) is 6.07 Å². The first kappa shape index (κ1) is 17.7. The van der Waals surface area contributed by atoms with Gasteiger partial charge in [-0.3, -0.25) is 4.79 Å². The fourth-order valence-corrected chi connectivity index (χ4v) is 2.61. The second-order valence-electron chi connectivity index (χ2n) is 5.75. The lowest BCUT2D eigenvalue weighted by molar-refractivity contribution is -0.131. The van der Waals surface area contributed by atoms with Gasteiger partial charge in [0.15, 0.2) is 11.5 Å². The number of carbonyl (C=O) groups is 1. The molecule has 1 atom stereocenters. The van der Waals surface area contributed by atoms with Crippen LogP contribution in [0.4, 0.5) is 4.39 Å². The third-order valence-electron chi connectivity index (χ3n) is 4.06. The minimum atomic E-state index is -0.696. The number of halogens is 1. The van der Waals surface area contributed by atoms with E-state index in [1.54, 1.807) is 38.5 Å². The lowest BCUT2D eigenvalue weighted by atomic mass is 10.0. The van der Waals surface area contributed by atoms with Crippen LogP contribution in [-0.4, -0.2) is 31.9 Å². The van der Waals surface area contributed by atoms with E-state index in [0.29, 0.717) is 30.2 Å². The zero-order valence-electron chi connectivity index (χ0n) is 14.5. The maximum atomic E-state index is 12.9. The molecule has 0 unspecified atom stereocenters. The maximum absolute atomic E-state index is 12.9. The van der Waals surface area contributed by atoms with Crippen molar-refractivity contribution in [3.05, 3.63) is 59.4 Å². The van der Waals surface area contributed by atoms with Crippen LogP contribution >= 0.6 is 0 Å². The van der Waals surface area contributed by atoms with Gasteiger partial charge >= 0.3 is 0 Å². The van der Waals surface area contributed by atoms with Gasteiger partial charge in [0, 0.05) is 18.5 Å². The number of rotatable bonds is 6. The number of methoxy groups -OCH3 is 2. The number of ether oxygens (including phenoxy) is 2. The molecule has 1 aliphatic rings. The van der Waals surface area contributed by atoms with Crippen LogP contribution in [0.1, 0.15) is 17.5 Å². The van der Waals surface area contributed by atoms with Gasteiger partial charge in [-0.1, -0.05) is 17.3 Å². The number of amides is 1. The second kappa shape index (κ2) is 7.86. The van der Waals surface area contributed by atoms with E-state index in [2.05, 4.69) is 10.5 Å². The Labute approximate surface area is 150 Å². The molecule has 0 aliphatic carbocycles. The molecule has 2 aromatic rings. The van der Waals surface area contributed by atoms with Crippen molar-refractivity contribution >= 4 is 11.6 Å². The summed E-state index contributed by atoms with van der Waals surface area (Å²) >= 11 is 0. The lowest BCUT2D eigenvalue weighted by Gasteiger charge is -2.10. The van der Waals surface area contributed by atoms with E-state index >= 15 is 0 Å². The Morgan fingerprint density at radius 1 is 1.19 bits per heavy atom. The third-order valence-corrected chi connectivity index (χ3v) is 4.06. The van der Waals surface area contributed by atoms with Crippen molar-refractivity contribution < 1.29 is 23.5 Å². The molecule has 0 saturated heterocycles. The molecule has 7 heteroatoms. The first-order valence-electron chi connectivity index (χ1n) is 8.08. The summed E-state index contributed by atoms with van der Waals surface area (Å²) in [5, 5.41) is 6.78. The highest BCUT2D eigenvalue weighted by Gasteiger charge is 2.29. The fourth-order valence-electron chi connectivity index (χ4n) is 2.61. The summed E-state index contributed by atoms with van der Waals surface area (Å²) in [6, 6.07) is 11.4. The molecule has 2 aromatic carbocycles. The first-order chi connectivity index (χ1) is 12.6. The molecule has 0 fully saturated rings. The minimum Gasteiger partial charge on any atom is -0.493 e. The molecule has 0 bridgehead atoms. The molecule has 0 saturated carbocycles. The molecule has 136 valence electrons. The van der Waals surface area contributed by atoms with Gasteiger partial charge < -0.3 is 19.6 Å². The summed E-state index contributed by atoms with van der Waals surface area (Å²) in [6.45, 7) is 0.296. The van der Waals surface area contributed by atoms with Gasteiger partial charge in [0.1, 0.15) is 5.82 Å². The number of benzene rings is 2. The van der Waals surface area contributed by atoms with Gasteiger partial charge in [0.05, 0.1) is 19.9 Å². The molecule has 0 spiro atoms. The number of nitrogens with zero attached hydrogens (tertiary/aromatic N) is 1. The average molecular weight is 358 g/mol. The van der Waals surface area contributed by atoms with Crippen molar-refractivity contribution in [3.8, 4) is 11.5 Å². The summed E-state index contributed by atoms with van der Waals surface area (Å²) in [4.78, 5) is 17.5. The van der Waals surface area contributed by atoms with Gasteiger partial charge in [0.25, 0.3) is 5.91 Å². The van der Waals surface area contributed by atoms with Gasteiger partial charge in [-0.25, -0.2) is 4.39 Å². The molecule has 3 rings (SSSR count). The summed E-state index contributed by atoms with van der Waals surface area (Å²) < 4.78 is 23.4. The Morgan fingerprint density at radius 2 is 1.92 bits per heavy atom. The number of nitrogens with one attached hydrogen (secondary N) is 1. The second-order valence-corrected chi connectivity index (χ2v) is 5.75. The number of hydrogen-bond acceptors (Lipinski definition) is 5. The fraction of sp³-hybridized carbons (Fsp3) is 0.263. The maximum Gasteiger partial charge on any atom is 0.264 e. The van der Waals surface area contributed by atoms with E-state index in [9.17, 15) is 9.18 Å². The van der Waals surface area contributed by atoms with Crippen molar-refractivity contribution in [2.75, 3.05) is 14.2 Å². The molecule has 1 heterocycles. The van der Waals surface area contributed by atoms with E-state index in [4.69, 9.17) is 14.3 Å². The monoisotopic (exact) mass is 358 g/mol. The van der Waals surface area contributed by atoms with Crippen LogP contribution in [0.5, 0.6) is 11.5 Å². The predicted octanol–water partition coefficient (Wildman–Crippen LogP) is 2.65. The molecule has 6 nitrogen and oxygen atoms in total. The highest BCUT2D eigenvalue weighted by molar-refractivity contribution is 6.04. The molecule has 0 radical (unpaired) electrons. The number of oxime groups is 1. The SMILES string of the molecule is COc1ccc(C2=NO[C@H](C(=O)NCc3ccc(F)cc3)C2)cc1OC. The van der Waals surface area contributed by atoms with Gasteiger partial charge in [-0.15, -0.1) is 0 Å². The predicted molar refractivity (Wildman–Crippen MR) is 93.8 cm³/mol. The average Bonchev–Trinajstić information content (AvgIpc) is 3.17. The molecule has 1 N–H and O–H groups in total. The first-order valence-corrected chi connectivity index (χ1v) is 8.08. The van der Waals surface area contributed by atoms with E-state index < -0.39 is 6.10 Å². The number of hydrogen-bond donors (Lipinski definition) is 1. The summed E-state index contributed by atoms with van der Waals surface area (Å²) in [5.74, 6) is 0.613. The van der Waals surface area contributed by atoms with Crippen molar-refractivity contribution in [3.63, 3.8) is 0 Å².